The Morgan fingerprint density at radius 2 is 2.14 bits per heavy atom. The number of nitrogens with two attached hydrogens (primary N) is 1. The number of benzene rings is 1. The Kier molecular flexibility index (Phi) is 5.06. The molecule has 21 heavy (non-hydrogen) atoms. The average molecular weight is 351 g/mol. The maximum absolute atomic E-state index is 5.88. The summed E-state index contributed by atoms with van der Waals surface area (Å²) < 4.78 is 3.16. The highest BCUT2D eigenvalue weighted by atomic mass is 79.9. The van der Waals surface area contributed by atoms with Crippen molar-refractivity contribution in [2.75, 3.05) is 12.8 Å². The van der Waals surface area contributed by atoms with Crippen LogP contribution in [0.25, 0.3) is 0 Å². The third-order valence-corrected chi connectivity index (χ3v) is 4.94. The molecule has 2 N–H and O–H groups in total. The van der Waals surface area contributed by atoms with Crippen LogP contribution in [0.2, 0.25) is 0 Å². The number of aromatic nitrogens is 2. The van der Waals surface area contributed by atoms with Crippen molar-refractivity contribution in [1.82, 2.24) is 14.7 Å². The molecule has 1 atom stereocenters. The van der Waals surface area contributed by atoms with Gasteiger partial charge in [-0.05, 0) is 61.4 Å². The van der Waals surface area contributed by atoms with E-state index in [0.29, 0.717) is 6.04 Å². The summed E-state index contributed by atoms with van der Waals surface area (Å²) >= 11 is 3.66. The molecule has 1 aromatic carbocycles. The molecule has 0 aliphatic carbocycles. The van der Waals surface area contributed by atoms with Gasteiger partial charge in [0.25, 0.3) is 0 Å². The van der Waals surface area contributed by atoms with E-state index in [-0.39, 0.29) is 0 Å². The Balaban J connectivity index is 2.20. The molecule has 0 saturated heterocycles. The Hall–Kier alpha value is -1.33. The van der Waals surface area contributed by atoms with Gasteiger partial charge in [-0.2, -0.15) is 5.10 Å². The fraction of sp³-hybridized carbons (Fsp3) is 0.438. The van der Waals surface area contributed by atoms with Gasteiger partial charge in [-0.3, -0.25) is 9.58 Å². The standard InChI is InChI=1S/C16H23BrN4/c1-5-21-15(16(17)11(2)19-21)10-20(4)12(3)13-7-6-8-14(18)9-13/h6-9,12H,5,10,18H2,1-4H3. The molecule has 0 aliphatic heterocycles. The second-order valence-corrected chi connectivity index (χ2v) is 6.22. The second kappa shape index (κ2) is 6.62. The van der Waals surface area contributed by atoms with Crippen LogP contribution in [-0.4, -0.2) is 21.7 Å². The van der Waals surface area contributed by atoms with Gasteiger partial charge in [0.1, 0.15) is 0 Å². The van der Waals surface area contributed by atoms with Crippen LogP contribution in [0.3, 0.4) is 0 Å². The minimum atomic E-state index is 0.293. The van der Waals surface area contributed by atoms with Crippen LogP contribution in [0.5, 0.6) is 0 Å². The fourth-order valence-electron chi connectivity index (χ4n) is 2.47. The van der Waals surface area contributed by atoms with Crippen molar-refractivity contribution < 1.29 is 0 Å². The molecule has 1 unspecified atom stereocenters. The van der Waals surface area contributed by atoms with Gasteiger partial charge in [-0.25, -0.2) is 0 Å². The number of halogens is 1. The molecule has 5 heteroatoms. The van der Waals surface area contributed by atoms with Gasteiger partial charge in [-0.1, -0.05) is 12.1 Å². The predicted octanol–water partition coefficient (Wildman–Crippen LogP) is 3.75. The van der Waals surface area contributed by atoms with Crippen LogP contribution in [0.15, 0.2) is 28.7 Å². The minimum Gasteiger partial charge on any atom is -0.399 e. The SMILES string of the molecule is CCn1nc(C)c(Br)c1CN(C)C(C)c1cccc(N)c1. The number of nitrogens with zero attached hydrogens (tertiary/aromatic N) is 3. The molecule has 0 fully saturated rings. The highest BCUT2D eigenvalue weighted by Crippen LogP contribution is 2.26. The molecule has 0 aliphatic rings. The molecular formula is C16H23BrN4. The van der Waals surface area contributed by atoms with Gasteiger partial charge in [-0.15, -0.1) is 0 Å². The van der Waals surface area contributed by atoms with E-state index in [9.17, 15) is 0 Å². The Bertz CT molecular complexity index is 621. The van der Waals surface area contributed by atoms with E-state index < -0.39 is 0 Å². The van der Waals surface area contributed by atoms with Crippen LogP contribution in [0, 0.1) is 6.92 Å². The summed E-state index contributed by atoms with van der Waals surface area (Å²) in [4.78, 5) is 2.31. The van der Waals surface area contributed by atoms with E-state index in [2.05, 4.69) is 57.6 Å². The third kappa shape index (κ3) is 3.47. The smallest absolute Gasteiger partial charge is 0.0739 e. The topological polar surface area (TPSA) is 47.1 Å². The highest BCUT2D eigenvalue weighted by Gasteiger charge is 2.18. The van der Waals surface area contributed by atoms with Gasteiger partial charge in [0.2, 0.25) is 0 Å². The zero-order chi connectivity index (χ0) is 15.6. The van der Waals surface area contributed by atoms with Gasteiger partial charge < -0.3 is 5.73 Å². The number of hydrogen-bond donors (Lipinski definition) is 1. The monoisotopic (exact) mass is 350 g/mol. The molecule has 1 heterocycles. The largest absolute Gasteiger partial charge is 0.399 e. The van der Waals surface area contributed by atoms with Crippen molar-refractivity contribution >= 4 is 21.6 Å². The average Bonchev–Trinajstić information content (AvgIpc) is 2.74. The summed E-state index contributed by atoms with van der Waals surface area (Å²) in [5.41, 5.74) is 10.2. The number of aryl methyl sites for hydroxylation is 2. The summed E-state index contributed by atoms with van der Waals surface area (Å²) in [5.74, 6) is 0. The Morgan fingerprint density at radius 3 is 2.76 bits per heavy atom. The molecule has 0 radical (unpaired) electrons. The zero-order valence-corrected chi connectivity index (χ0v) is 14.7. The van der Waals surface area contributed by atoms with E-state index in [1.807, 2.05) is 25.1 Å². The summed E-state index contributed by atoms with van der Waals surface area (Å²) in [7, 11) is 2.13. The maximum atomic E-state index is 5.88. The molecular weight excluding hydrogens is 328 g/mol. The summed E-state index contributed by atoms with van der Waals surface area (Å²) in [6.45, 7) is 8.06. The van der Waals surface area contributed by atoms with Crippen LogP contribution in [0.1, 0.15) is 36.8 Å². The number of anilines is 1. The fourth-order valence-corrected chi connectivity index (χ4v) is 2.88. The quantitative estimate of drug-likeness (QED) is 0.835. The molecule has 114 valence electrons. The molecule has 0 saturated carbocycles. The Morgan fingerprint density at radius 1 is 1.43 bits per heavy atom. The van der Waals surface area contributed by atoms with Gasteiger partial charge in [0.05, 0.1) is 15.9 Å². The van der Waals surface area contributed by atoms with E-state index >= 15 is 0 Å². The first-order valence-corrected chi connectivity index (χ1v) is 8.00. The number of nitrogen functional groups attached to an aromatic ring is 1. The lowest BCUT2D eigenvalue weighted by Gasteiger charge is -2.25. The lowest BCUT2D eigenvalue weighted by atomic mass is 10.1. The minimum absolute atomic E-state index is 0.293. The highest BCUT2D eigenvalue weighted by molar-refractivity contribution is 9.10. The Labute approximate surface area is 135 Å². The predicted molar refractivity (Wildman–Crippen MR) is 91.1 cm³/mol. The number of rotatable bonds is 5. The van der Waals surface area contributed by atoms with Crippen molar-refractivity contribution in [3.63, 3.8) is 0 Å². The van der Waals surface area contributed by atoms with Gasteiger partial charge in [0.15, 0.2) is 0 Å². The van der Waals surface area contributed by atoms with Crippen LogP contribution in [0.4, 0.5) is 5.69 Å². The molecule has 0 spiro atoms. The maximum Gasteiger partial charge on any atom is 0.0739 e. The van der Waals surface area contributed by atoms with Crippen molar-refractivity contribution in [3.8, 4) is 0 Å². The van der Waals surface area contributed by atoms with Crippen molar-refractivity contribution in [2.45, 2.75) is 39.9 Å². The lowest BCUT2D eigenvalue weighted by Crippen LogP contribution is -2.24. The lowest BCUT2D eigenvalue weighted by molar-refractivity contribution is 0.245. The van der Waals surface area contributed by atoms with E-state index in [1.165, 1.54) is 11.3 Å². The van der Waals surface area contributed by atoms with E-state index in [1.54, 1.807) is 0 Å². The molecule has 2 aromatic rings. The normalized spacial score (nSPS) is 12.9. The summed E-state index contributed by atoms with van der Waals surface area (Å²) in [6, 6.07) is 8.38. The van der Waals surface area contributed by atoms with Crippen molar-refractivity contribution in [1.29, 1.82) is 0 Å². The summed E-state index contributed by atoms with van der Waals surface area (Å²) in [6.07, 6.45) is 0. The first kappa shape index (κ1) is 16.0. The third-order valence-electron chi connectivity index (χ3n) is 3.91. The molecule has 2 rings (SSSR count). The van der Waals surface area contributed by atoms with Crippen molar-refractivity contribution in [2.24, 2.45) is 0 Å². The van der Waals surface area contributed by atoms with Crippen LogP contribution < -0.4 is 5.73 Å². The second-order valence-electron chi connectivity index (χ2n) is 5.42. The van der Waals surface area contributed by atoms with E-state index in [4.69, 9.17) is 5.73 Å². The number of hydrogen-bond acceptors (Lipinski definition) is 3. The van der Waals surface area contributed by atoms with Crippen molar-refractivity contribution in [3.05, 3.63) is 45.7 Å². The van der Waals surface area contributed by atoms with Crippen LogP contribution in [-0.2, 0) is 13.1 Å². The summed E-state index contributed by atoms with van der Waals surface area (Å²) in [5, 5.41) is 4.55. The molecule has 4 nitrogen and oxygen atoms in total. The van der Waals surface area contributed by atoms with Gasteiger partial charge in [0, 0.05) is 24.8 Å². The van der Waals surface area contributed by atoms with E-state index in [0.717, 1.165) is 28.9 Å². The first-order valence-electron chi connectivity index (χ1n) is 7.21. The first-order chi connectivity index (χ1) is 9.93. The molecule has 0 amide bonds. The zero-order valence-electron chi connectivity index (χ0n) is 13.1. The molecule has 0 bridgehead atoms. The molecule has 1 aromatic heterocycles. The van der Waals surface area contributed by atoms with Crippen LogP contribution >= 0.6 is 15.9 Å². The van der Waals surface area contributed by atoms with Gasteiger partial charge >= 0.3 is 0 Å².